The van der Waals surface area contributed by atoms with Gasteiger partial charge in [-0.1, -0.05) is 12.1 Å². The molecule has 1 aromatic rings. The van der Waals surface area contributed by atoms with Gasteiger partial charge in [-0.2, -0.15) is 0 Å². The van der Waals surface area contributed by atoms with E-state index >= 15 is 0 Å². The molecule has 0 aromatic heterocycles. The smallest absolute Gasteiger partial charge is 0.407 e. The van der Waals surface area contributed by atoms with Crippen LogP contribution in [0.15, 0.2) is 24.3 Å². The van der Waals surface area contributed by atoms with Crippen LogP contribution in [0.2, 0.25) is 0 Å². The van der Waals surface area contributed by atoms with E-state index < -0.39 is 18.1 Å². The predicted molar refractivity (Wildman–Crippen MR) is 63.7 cm³/mol. The van der Waals surface area contributed by atoms with Gasteiger partial charge < -0.3 is 19.9 Å². The van der Waals surface area contributed by atoms with E-state index in [0.29, 0.717) is 5.75 Å². The number of alkyl carbamates (subject to hydrolysis) is 1. The lowest BCUT2D eigenvalue weighted by Gasteiger charge is -2.13. The number of hydrogen-bond donors (Lipinski definition) is 2. The minimum Gasteiger partial charge on any atom is -0.497 e. The van der Waals surface area contributed by atoms with Crippen molar-refractivity contribution in [2.45, 2.75) is 12.5 Å². The summed E-state index contributed by atoms with van der Waals surface area (Å²) in [6.45, 7) is 0. The first-order chi connectivity index (χ1) is 8.56. The normalized spacial score (nSPS) is 11.4. The third-order valence-electron chi connectivity index (χ3n) is 2.37. The Morgan fingerprint density at radius 2 is 1.89 bits per heavy atom. The molecule has 0 aliphatic rings. The van der Waals surface area contributed by atoms with Crippen molar-refractivity contribution in [1.82, 2.24) is 5.32 Å². The number of hydrogen-bond acceptors (Lipinski definition) is 4. The first kappa shape index (κ1) is 13.8. The number of carbonyl (C=O) groups excluding carboxylic acids is 1. The Labute approximate surface area is 105 Å². The number of benzene rings is 1. The third kappa shape index (κ3) is 3.97. The number of ether oxygens (including phenoxy) is 2. The molecular formula is C12H15NO5. The molecule has 0 fully saturated rings. The number of carboxylic acid groups (broad SMARTS) is 1. The molecule has 1 aromatic carbocycles. The standard InChI is InChI=1S/C12H15NO5/c1-17-9-5-3-8(4-6-9)7-10(11(14)15)13-12(16)18-2/h3-6,10H,7H2,1-2H3,(H,13,16)(H,14,15)/t10-/m0/s1. The fraction of sp³-hybridized carbons (Fsp3) is 0.333. The molecule has 6 nitrogen and oxygen atoms in total. The van der Waals surface area contributed by atoms with Crippen LogP contribution in [0.3, 0.4) is 0 Å². The Bertz CT molecular complexity index is 415. The van der Waals surface area contributed by atoms with Crippen LogP contribution in [-0.4, -0.2) is 37.4 Å². The van der Waals surface area contributed by atoms with Crippen molar-refractivity contribution in [3.05, 3.63) is 29.8 Å². The van der Waals surface area contributed by atoms with E-state index in [9.17, 15) is 9.59 Å². The Balaban J connectivity index is 2.70. The number of carbonyl (C=O) groups is 2. The molecule has 6 heteroatoms. The highest BCUT2D eigenvalue weighted by Crippen LogP contribution is 2.12. The zero-order valence-electron chi connectivity index (χ0n) is 10.2. The van der Waals surface area contributed by atoms with Crippen LogP contribution in [0.25, 0.3) is 0 Å². The van der Waals surface area contributed by atoms with Gasteiger partial charge in [0.05, 0.1) is 14.2 Å². The highest BCUT2D eigenvalue weighted by molar-refractivity contribution is 5.80. The maximum Gasteiger partial charge on any atom is 0.407 e. The average molecular weight is 253 g/mol. The third-order valence-corrected chi connectivity index (χ3v) is 2.37. The number of amides is 1. The van der Waals surface area contributed by atoms with Gasteiger partial charge in [0.25, 0.3) is 0 Å². The summed E-state index contributed by atoms with van der Waals surface area (Å²) in [7, 11) is 2.73. The summed E-state index contributed by atoms with van der Waals surface area (Å²) in [6.07, 6.45) is -0.593. The Morgan fingerprint density at radius 3 is 2.33 bits per heavy atom. The van der Waals surface area contributed by atoms with E-state index in [4.69, 9.17) is 9.84 Å². The van der Waals surface area contributed by atoms with Crippen LogP contribution < -0.4 is 10.1 Å². The maximum absolute atomic E-state index is 11.0. The maximum atomic E-state index is 11.0. The number of aliphatic carboxylic acids is 1. The van der Waals surface area contributed by atoms with Crippen molar-refractivity contribution >= 4 is 12.1 Å². The molecule has 0 spiro atoms. The van der Waals surface area contributed by atoms with E-state index in [1.807, 2.05) is 0 Å². The summed E-state index contributed by atoms with van der Waals surface area (Å²) >= 11 is 0. The molecule has 0 bridgehead atoms. The van der Waals surface area contributed by atoms with Crippen LogP contribution in [0.1, 0.15) is 5.56 Å². The van der Waals surface area contributed by atoms with Crippen molar-refractivity contribution in [2.75, 3.05) is 14.2 Å². The second kappa shape index (κ2) is 6.48. The number of methoxy groups -OCH3 is 2. The second-order valence-electron chi connectivity index (χ2n) is 3.58. The van der Waals surface area contributed by atoms with Gasteiger partial charge in [0, 0.05) is 6.42 Å². The summed E-state index contributed by atoms with van der Waals surface area (Å²) in [5.74, 6) is -0.428. The first-order valence-electron chi connectivity index (χ1n) is 5.27. The van der Waals surface area contributed by atoms with Gasteiger partial charge in [0.2, 0.25) is 0 Å². The quantitative estimate of drug-likeness (QED) is 0.819. The van der Waals surface area contributed by atoms with Gasteiger partial charge in [-0.05, 0) is 17.7 Å². The summed E-state index contributed by atoms with van der Waals surface area (Å²) in [4.78, 5) is 22.0. The van der Waals surface area contributed by atoms with E-state index in [-0.39, 0.29) is 6.42 Å². The number of carboxylic acids is 1. The lowest BCUT2D eigenvalue weighted by atomic mass is 10.1. The average Bonchev–Trinajstić information content (AvgIpc) is 2.38. The lowest BCUT2D eigenvalue weighted by Crippen LogP contribution is -2.42. The van der Waals surface area contributed by atoms with E-state index in [1.54, 1.807) is 31.4 Å². The molecule has 0 heterocycles. The molecular weight excluding hydrogens is 238 g/mol. The van der Waals surface area contributed by atoms with Gasteiger partial charge in [-0.25, -0.2) is 9.59 Å². The zero-order chi connectivity index (χ0) is 13.5. The van der Waals surface area contributed by atoms with E-state index in [0.717, 1.165) is 5.56 Å². The van der Waals surface area contributed by atoms with Crippen molar-refractivity contribution in [3.8, 4) is 5.75 Å². The molecule has 1 rings (SSSR count). The Hall–Kier alpha value is -2.24. The van der Waals surface area contributed by atoms with Crippen LogP contribution in [0, 0.1) is 0 Å². The molecule has 18 heavy (non-hydrogen) atoms. The van der Waals surface area contributed by atoms with Crippen molar-refractivity contribution < 1.29 is 24.2 Å². The predicted octanol–water partition coefficient (Wildman–Crippen LogP) is 1.05. The molecule has 1 atom stereocenters. The Morgan fingerprint density at radius 1 is 1.28 bits per heavy atom. The van der Waals surface area contributed by atoms with Gasteiger partial charge >= 0.3 is 12.1 Å². The molecule has 0 aliphatic carbocycles. The van der Waals surface area contributed by atoms with Gasteiger partial charge in [-0.3, -0.25) is 0 Å². The minimum absolute atomic E-state index is 0.175. The van der Waals surface area contributed by atoms with Crippen LogP contribution in [0.5, 0.6) is 5.75 Å². The SMILES string of the molecule is COC(=O)N[C@@H](Cc1ccc(OC)cc1)C(=O)O. The molecule has 0 radical (unpaired) electrons. The highest BCUT2D eigenvalue weighted by atomic mass is 16.5. The molecule has 0 unspecified atom stereocenters. The number of rotatable bonds is 5. The topological polar surface area (TPSA) is 84.9 Å². The second-order valence-corrected chi connectivity index (χ2v) is 3.58. The van der Waals surface area contributed by atoms with E-state index in [1.165, 1.54) is 7.11 Å². The summed E-state index contributed by atoms with van der Waals surface area (Å²) in [6, 6.07) is 5.92. The summed E-state index contributed by atoms with van der Waals surface area (Å²) < 4.78 is 9.37. The Kier molecular flexibility index (Phi) is 4.98. The van der Waals surface area contributed by atoms with Gasteiger partial charge in [0.1, 0.15) is 11.8 Å². The molecule has 98 valence electrons. The lowest BCUT2D eigenvalue weighted by molar-refractivity contribution is -0.139. The highest BCUT2D eigenvalue weighted by Gasteiger charge is 2.20. The van der Waals surface area contributed by atoms with Crippen molar-refractivity contribution in [2.24, 2.45) is 0 Å². The zero-order valence-corrected chi connectivity index (χ0v) is 10.2. The molecule has 1 amide bonds. The van der Waals surface area contributed by atoms with Gasteiger partial charge in [0.15, 0.2) is 0 Å². The van der Waals surface area contributed by atoms with Crippen LogP contribution in [-0.2, 0) is 16.0 Å². The first-order valence-corrected chi connectivity index (χ1v) is 5.27. The van der Waals surface area contributed by atoms with Crippen LogP contribution >= 0.6 is 0 Å². The monoisotopic (exact) mass is 253 g/mol. The number of nitrogens with one attached hydrogen (secondary N) is 1. The fourth-order valence-electron chi connectivity index (χ4n) is 1.40. The van der Waals surface area contributed by atoms with Crippen molar-refractivity contribution in [3.63, 3.8) is 0 Å². The molecule has 0 saturated carbocycles. The largest absolute Gasteiger partial charge is 0.497 e. The van der Waals surface area contributed by atoms with E-state index in [2.05, 4.69) is 10.1 Å². The summed E-state index contributed by atoms with van der Waals surface area (Å²) in [5, 5.41) is 11.2. The van der Waals surface area contributed by atoms with Crippen LogP contribution in [0.4, 0.5) is 4.79 Å². The molecule has 2 N–H and O–H groups in total. The minimum atomic E-state index is -1.11. The molecule has 0 saturated heterocycles. The fourth-order valence-corrected chi connectivity index (χ4v) is 1.40. The van der Waals surface area contributed by atoms with Crippen molar-refractivity contribution in [1.29, 1.82) is 0 Å². The molecule has 0 aliphatic heterocycles. The van der Waals surface area contributed by atoms with Gasteiger partial charge in [-0.15, -0.1) is 0 Å². The summed E-state index contributed by atoms with van der Waals surface area (Å²) in [5.41, 5.74) is 0.777.